The van der Waals surface area contributed by atoms with Crippen molar-refractivity contribution in [3.05, 3.63) is 65.0 Å². The second-order valence-corrected chi connectivity index (χ2v) is 4.94. The van der Waals surface area contributed by atoms with Crippen molar-refractivity contribution in [3.8, 4) is 6.07 Å². The number of carbonyl (C=O) groups excluding carboxylic acids is 1. The monoisotopic (exact) mass is 298 g/mol. The lowest BCUT2D eigenvalue weighted by Crippen LogP contribution is -2.10. The zero-order valence-corrected chi connectivity index (χ0v) is 12.3. The van der Waals surface area contributed by atoms with Gasteiger partial charge in [-0.25, -0.2) is 9.18 Å². The number of hydrogen-bond donors (Lipinski definition) is 0. The number of anilines is 1. The van der Waals surface area contributed by atoms with Crippen molar-refractivity contribution < 1.29 is 13.9 Å². The SMILES string of the molecule is CN(C)c1ccc(C(=O)OCc2cc(C#N)ccc2F)cc1. The van der Waals surface area contributed by atoms with Gasteiger partial charge in [0, 0.05) is 25.3 Å². The van der Waals surface area contributed by atoms with E-state index in [0.29, 0.717) is 11.1 Å². The van der Waals surface area contributed by atoms with Crippen molar-refractivity contribution in [1.82, 2.24) is 0 Å². The first-order chi connectivity index (χ1) is 10.5. The van der Waals surface area contributed by atoms with E-state index in [1.807, 2.05) is 25.1 Å². The van der Waals surface area contributed by atoms with E-state index in [1.54, 1.807) is 24.3 Å². The van der Waals surface area contributed by atoms with E-state index in [4.69, 9.17) is 10.00 Å². The Morgan fingerprint density at radius 1 is 1.23 bits per heavy atom. The number of nitrogens with zero attached hydrogens (tertiary/aromatic N) is 2. The zero-order chi connectivity index (χ0) is 16.1. The Morgan fingerprint density at radius 3 is 2.50 bits per heavy atom. The van der Waals surface area contributed by atoms with E-state index in [2.05, 4.69) is 0 Å². The van der Waals surface area contributed by atoms with Crippen LogP contribution in [-0.4, -0.2) is 20.1 Å². The van der Waals surface area contributed by atoms with E-state index in [0.717, 1.165) is 5.69 Å². The Labute approximate surface area is 128 Å². The molecule has 0 aliphatic heterocycles. The summed E-state index contributed by atoms with van der Waals surface area (Å²) in [4.78, 5) is 13.9. The summed E-state index contributed by atoms with van der Waals surface area (Å²) in [5, 5.41) is 8.79. The van der Waals surface area contributed by atoms with Crippen LogP contribution in [0.5, 0.6) is 0 Å². The molecule has 0 saturated heterocycles. The summed E-state index contributed by atoms with van der Waals surface area (Å²) in [5.74, 6) is -1.04. The molecule has 0 saturated carbocycles. The number of hydrogen-bond acceptors (Lipinski definition) is 4. The average molecular weight is 298 g/mol. The maximum Gasteiger partial charge on any atom is 0.338 e. The molecular weight excluding hydrogens is 283 g/mol. The van der Waals surface area contributed by atoms with Gasteiger partial charge in [-0.1, -0.05) is 0 Å². The molecule has 5 heteroatoms. The molecule has 0 aliphatic carbocycles. The van der Waals surface area contributed by atoms with Crippen LogP contribution in [0.1, 0.15) is 21.5 Å². The standard InChI is InChI=1S/C17H15FN2O2/c1-20(2)15-6-4-13(5-7-15)17(21)22-11-14-9-12(10-19)3-8-16(14)18/h3-9H,11H2,1-2H3. The van der Waals surface area contributed by atoms with Gasteiger partial charge in [0.25, 0.3) is 0 Å². The lowest BCUT2D eigenvalue weighted by molar-refractivity contribution is 0.0469. The molecule has 0 bridgehead atoms. The van der Waals surface area contributed by atoms with E-state index in [-0.39, 0.29) is 12.2 Å². The Hall–Kier alpha value is -2.87. The Kier molecular flexibility index (Phi) is 4.74. The summed E-state index contributed by atoms with van der Waals surface area (Å²) in [6, 6.07) is 12.8. The molecule has 0 N–H and O–H groups in total. The average Bonchev–Trinajstić information content (AvgIpc) is 2.54. The Morgan fingerprint density at radius 2 is 1.91 bits per heavy atom. The molecule has 0 unspecified atom stereocenters. The summed E-state index contributed by atoms with van der Waals surface area (Å²) < 4.78 is 18.7. The van der Waals surface area contributed by atoms with Gasteiger partial charge in [-0.2, -0.15) is 5.26 Å². The number of halogens is 1. The number of carbonyl (C=O) groups is 1. The molecule has 2 aromatic carbocycles. The van der Waals surface area contributed by atoms with E-state index < -0.39 is 11.8 Å². The van der Waals surface area contributed by atoms with Crippen molar-refractivity contribution in [2.24, 2.45) is 0 Å². The summed E-state index contributed by atoms with van der Waals surface area (Å²) in [7, 11) is 3.80. The van der Waals surface area contributed by atoms with Gasteiger partial charge in [-0.15, -0.1) is 0 Å². The third-order valence-electron chi connectivity index (χ3n) is 3.15. The van der Waals surface area contributed by atoms with Crippen molar-refractivity contribution in [2.75, 3.05) is 19.0 Å². The van der Waals surface area contributed by atoms with Crippen LogP contribution in [0.25, 0.3) is 0 Å². The van der Waals surface area contributed by atoms with Crippen molar-refractivity contribution in [2.45, 2.75) is 6.61 Å². The fourth-order valence-corrected chi connectivity index (χ4v) is 1.88. The quantitative estimate of drug-likeness (QED) is 0.814. The molecule has 22 heavy (non-hydrogen) atoms. The largest absolute Gasteiger partial charge is 0.457 e. The molecular formula is C17H15FN2O2. The number of nitriles is 1. The smallest absolute Gasteiger partial charge is 0.338 e. The predicted molar refractivity (Wildman–Crippen MR) is 81.0 cm³/mol. The molecule has 2 rings (SSSR count). The molecule has 0 aromatic heterocycles. The third kappa shape index (κ3) is 3.61. The topological polar surface area (TPSA) is 53.3 Å². The summed E-state index contributed by atoms with van der Waals surface area (Å²) in [6.07, 6.45) is 0. The van der Waals surface area contributed by atoms with Crippen LogP contribution in [-0.2, 0) is 11.3 Å². The molecule has 0 atom stereocenters. The molecule has 0 spiro atoms. The van der Waals surface area contributed by atoms with E-state index in [1.165, 1.54) is 18.2 Å². The van der Waals surface area contributed by atoms with Crippen molar-refractivity contribution in [1.29, 1.82) is 5.26 Å². The van der Waals surface area contributed by atoms with Gasteiger partial charge in [0.2, 0.25) is 0 Å². The van der Waals surface area contributed by atoms with Gasteiger partial charge in [0.1, 0.15) is 12.4 Å². The minimum atomic E-state index is -0.535. The molecule has 4 nitrogen and oxygen atoms in total. The van der Waals surface area contributed by atoms with Gasteiger partial charge in [0.05, 0.1) is 17.2 Å². The van der Waals surface area contributed by atoms with Crippen molar-refractivity contribution >= 4 is 11.7 Å². The molecule has 0 radical (unpaired) electrons. The van der Waals surface area contributed by atoms with Crippen LogP contribution >= 0.6 is 0 Å². The molecule has 0 fully saturated rings. The highest BCUT2D eigenvalue weighted by Gasteiger charge is 2.10. The second kappa shape index (κ2) is 6.72. The Bertz CT molecular complexity index is 718. The van der Waals surface area contributed by atoms with Gasteiger partial charge in [-0.3, -0.25) is 0 Å². The maximum atomic E-state index is 13.6. The highest BCUT2D eigenvalue weighted by Crippen LogP contribution is 2.15. The summed E-state index contributed by atoms with van der Waals surface area (Å²) >= 11 is 0. The number of rotatable bonds is 4. The van der Waals surface area contributed by atoms with Crippen LogP contribution in [0, 0.1) is 17.1 Å². The van der Waals surface area contributed by atoms with Gasteiger partial charge in [-0.05, 0) is 42.5 Å². The Balaban J connectivity index is 2.05. The molecule has 0 amide bonds. The van der Waals surface area contributed by atoms with Crippen LogP contribution in [0.4, 0.5) is 10.1 Å². The van der Waals surface area contributed by atoms with Gasteiger partial charge in [0.15, 0.2) is 0 Å². The fourth-order valence-electron chi connectivity index (χ4n) is 1.88. The van der Waals surface area contributed by atoms with Gasteiger partial charge < -0.3 is 9.64 Å². The molecule has 0 heterocycles. The second-order valence-electron chi connectivity index (χ2n) is 4.94. The molecule has 0 aliphatic rings. The number of esters is 1. The minimum Gasteiger partial charge on any atom is -0.457 e. The highest BCUT2D eigenvalue weighted by atomic mass is 19.1. The van der Waals surface area contributed by atoms with Crippen molar-refractivity contribution in [3.63, 3.8) is 0 Å². The maximum absolute atomic E-state index is 13.6. The van der Waals surface area contributed by atoms with Crippen LogP contribution in [0.2, 0.25) is 0 Å². The van der Waals surface area contributed by atoms with Gasteiger partial charge >= 0.3 is 5.97 Å². The van der Waals surface area contributed by atoms with Crippen LogP contribution < -0.4 is 4.90 Å². The first-order valence-electron chi connectivity index (χ1n) is 6.64. The lowest BCUT2D eigenvalue weighted by atomic mass is 10.1. The first-order valence-corrected chi connectivity index (χ1v) is 6.64. The third-order valence-corrected chi connectivity index (χ3v) is 3.15. The zero-order valence-electron chi connectivity index (χ0n) is 12.3. The number of benzene rings is 2. The van der Waals surface area contributed by atoms with E-state index >= 15 is 0 Å². The highest BCUT2D eigenvalue weighted by molar-refractivity contribution is 5.89. The molecule has 112 valence electrons. The van der Waals surface area contributed by atoms with E-state index in [9.17, 15) is 9.18 Å². The van der Waals surface area contributed by atoms with Crippen LogP contribution in [0.15, 0.2) is 42.5 Å². The number of ether oxygens (including phenoxy) is 1. The first kappa shape index (κ1) is 15.5. The lowest BCUT2D eigenvalue weighted by Gasteiger charge is -2.12. The van der Waals surface area contributed by atoms with Crippen LogP contribution in [0.3, 0.4) is 0 Å². The normalized spacial score (nSPS) is 9.91. The fraction of sp³-hybridized carbons (Fsp3) is 0.176. The minimum absolute atomic E-state index is 0.178. The predicted octanol–water partition coefficient (Wildman–Crippen LogP) is 3.12. The summed E-state index contributed by atoms with van der Waals surface area (Å²) in [6.45, 7) is -0.213. The molecule has 2 aromatic rings. The summed E-state index contributed by atoms with van der Waals surface area (Å²) in [5.41, 5.74) is 1.85.